The molecule has 2 aromatic rings. The molecular weight excluding hydrogens is 366 g/mol. The first kappa shape index (κ1) is 20.8. The second kappa shape index (κ2) is 9.52. The summed E-state index contributed by atoms with van der Waals surface area (Å²) in [5.41, 5.74) is 8.74. The van der Waals surface area contributed by atoms with Crippen LogP contribution in [0.1, 0.15) is 43.0 Å². The Morgan fingerprint density at radius 2 is 2.00 bits per heavy atom. The quantitative estimate of drug-likeness (QED) is 0.568. The van der Waals surface area contributed by atoms with Gasteiger partial charge in [-0.15, -0.1) is 0 Å². The minimum absolute atomic E-state index is 0.144. The summed E-state index contributed by atoms with van der Waals surface area (Å²) < 4.78 is 0. The Balaban J connectivity index is 1.49. The van der Waals surface area contributed by atoms with E-state index < -0.39 is 6.04 Å². The van der Waals surface area contributed by atoms with Crippen LogP contribution >= 0.6 is 0 Å². The number of aromatic nitrogens is 1. The highest BCUT2D eigenvalue weighted by Gasteiger charge is 2.31. The van der Waals surface area contributed by atoms with Gasteiger partial charge in [0.2, 0.25) is 11.8 Å². The molecule has 5 N–H and O–H groups in total. The first-order valence-corrected chi connectivity index (χ1v) is 10.1. The summed E-state index contributed by atoms with van der Waals surface area (Å²) in [4.78, 5) is 29.3. The van der Waals surface area contributed by atoms with E-state index in [2.05, 4.69) is 33.1 Å². The fourth-order valence-electron chi connectivity index (χ4n) is 3.64. The third kappa shape index (κ3) is 5.32. The number of hydrogen-bond acceptors (Lipinski definition) is 5. The normalized spacial score (nSPS) is 19.5. The van der Waals surface area contributed by atoms with Gasteiger partial charge < -0.3 is 21.7 Å². The molecule has 2 heterocycles. The van der Waals surface area contributed by atoms with Crippen molar-refractivity contribution in [3.63, 3.8) is 0 Å². The molecule has 7 heteroatoms. The summed E-state index contributed by atoms with van der Waals surface area (Å²) in [7, 11) is 0. The summed E-state index contributed by atoms with van der Waals surface area (Å²) in [6.07, 6.45) is 1.46. The summed E-state index contributed by atoms with van der Waals surface area (Å²) in [6, 6.07) is 12.9. The molecule has 0 bridgehead atoms. The van der Waals surface area contributed by atoms with E-state index in [0.29, 0.717) is 18.3 Å². The number of hydrogen-bond donors (Lipinski definition) is 4. The predicted molar refractivity (Wildman–Crippen MR) is 113 cm³/mol. The highest BCUT2D eigenvalue weighted by atomic mass is 16.2. The number of nitrogens with zero attached hydrogens (tertiary/aromatic N) is 1. The Morgan fingerprint density at radius 3 is 2.72 bits per heavy atom. The molecule has 154 valence electrons. The molecule has 29 heavy (non-hydrogen) atoms. The molecule has 1 aliphatic rings. The molecule has 0 aliphatic carbocycles. The van der Waals surface area contributed by atoms with E-state index in [-0.39, 0.29) is 17.9 Å². The molecule has 1 aliphatic heterocycles. The highest BCUT2D eigenvalue weighted by molar-refractivity contribution is 5.89. The molecule has 2 amide bonds. The van der Waals surface area contributed by atoms with Crippen molar-refractivity contribution in [1.29, 1.82) is 0 Å². The van der Waals surface area contributed by atoms with Gasteiger partial charge in [-0.05, 0) is 42.9 Å². The van der Waals surface area contributed by atoms with Crippen LogP contribution in [-0.4, -0.2) is 35.4 Å². The Labute approximate surface area is 171 Å². The summed E-state index contributed by atoms with van der Waals surface area (Å²) in [5.74, 6) is 0.404. The molecule has 1 saturated heterocycles. The van der Waals surface area contributed by atoms with E-state index in [1.165, 1.54) is 5.56 Å². The SMILES string of the molecule is CCc1nc(N)ccc1CNC(=O)C(C)NC(=O)[C@H]1CC(c2ccccc2)CN1. The molecule has 7 nitrogen and oxygen atoms in total. The highest BCUT2D eigenvalue weighted by Crippen LogP contribution is 2.25. The topological polar surface area (TPSA) is 109 Å². The van der Waals surface area contributed by atoms with Crippen LogP contribution in [0.15, 0.2) is 42.5 Å². The van der Waals surface area contributed by atoms with Gasteiger partial charge in [-0.1, -0.05) is 43.3 Å². The summed E-state index contributed by atoms with van der Waals surface area (Å²) in [6.45, 7) is 4.80. The van der Waals surface area contributed by atoms with Crippen LogP contribution in [0.2, 0.25) is 0 Å². The van der Waals surface area contributed by atoms with Crippen LogP contribution in [0, 0.1) is 0 Å². The van der Waals surface area contributed by atoms with E-state index >= 15 is 0 Å². The van der Waals surface area contributed by atoms with E-state index in [4.69, 9.17) is 5.73 Å². The van der Waals surface area contributed by atoms with Crippen LogP contribution in [0.5, 0.6) is 0 Å². The van der Waals surface area contributed by atoms with Gasteiger partial charge in [0.05, 0.1) is 6.04 Å². The third-order valence-electron chi connectivity index (χ3n) is 5.35. The lowest BCUT2D eigenvalue weighted by Gasteiger charge is -2.18. The Hall–Kier alpha value is -2.93. The van der Waals surface area contributed by atoms with Crippen LogP contribution in [0.3, 0.4) is 0 Å². The number of nitrogens with one attached hydrogen (secondary N) is 3. The number of nitrogen functional groups attached to an aromatic ring is 1. The molecule has 3 rings (SSSR count). The molecule has 0 saturated carbocycles. The first-order valence-electron chi connectivity index (χ1n) is 10.1. The molecule has 1 aromatic carbocycles. The Bertz CT molecular complexity index is 856. The van der Waals surface area contributed by atoms with Gasteiger partial charge in [-0.2, -0.15) is 0 Å². The average molecular weight is 396 g/mol. The lowest BCUT2D eigenvalue weighted by Crippen LogP contribution is -2.50. The largest absolute Gasteiger partial charge is 0.384 e. The molecule has 3 atom stereocenters. The fraction of sp³-hybridized carbons (Fsp3) is 0.409. The Morgan fingerprint density at radius 1 is 1.24 bits per heavy atom. The number of carbonyl (C=O) groups is 2. The number of pyridine rings is 1. The van der Waals surface area contributed by atoms with Crippen molar-refractivity contribution in [1.82, 2.24) is 20.9 Å². The lowest BCUT2D eigenvalue weighted by atomic mass is 9.96. The first-order chi connectivity index (χ1) is 14.0. The van der Waals surface area contributed by atoms with Crippen molar-refractivity contribution in [3.8, 4) is 0 Å². The van der Waals surface area contributed by atoms with E-state index in [1.807, 2.05) is 31.2 Å². The van der Waals surface area contributed by atoms with E-state index in [0.717, 1.165) is 30.6 Å². The number of carbonyl (C=O) groups excluding carboxylic acids is 2. The zero-order chi connectivity index (χ0) is 20.8. The van der Waals surface area contributed by atoms with Gasteiger partial charge in [-0.25, -0.2) is 4.98 Å². The maximum Gasteiger partial charge on any atom is 0.242 e. The molecule has 0 spiro atoms. The maximum absolute atomic E-state index is 12.6. The molecule has 0 radical (unpaired) electrons. The van der Waals surface area contributed by atoms with Crippen LogP contribution in [-0.2, 0) is 22.6 Å². The van der Waals surface area contributed by atoms with Crippen molar-refractivity contribution in [2.45, 2.75) is 51.2 Å². The van der Waals surface area contributed by atoms with Crippen molar-refractivity contribution in [3.05, 3.63) is 59.3 Å². The van der Waals surface area contributed by atoms with Crippen LogP contribution in [0.25, 0.3) is 0 Å². The zero-order valence-corrected chi connectivity index (χ0v) is 16.9. The number of nitrogens with two attached hydrogens (primary N) is 1. The van der Waals surface area contributed by atoms with Gasteiger partial charge in [0.1, 0.15) is 11.9 Å². The molecule has 1 fully saturated rings. The second-order valence-corrected chi connectivity index (χ2v) is 7.45. The maximum atomic E-state index is 12.6. The fourth-order valence-corrected chi connectivity index (χ4v) is 3.64. The number of benzene rings is 1. The average Bonchev–Trinajstić information content (AvgIpc) is 3.23. The minimum Gasteiger partial charge on any atom is -0.384 e. The van der Waals surface area contributed by atoms with Gasteiger partial charge in [0.15, 0.2) is 0 Å². The molecule has 1 aromatic heterocycles. The van der Waals surface area contributed by atoms with Gasteiger partial charge in [0, 0.05) is 18.8 Å². The van der Waals surface area contributed by atoms with Gasteiger partial charge in [0.25, 0.3) is 0 Å². The third-order valence-corrected chi connectivity index (χ3v) is 5.35. The van der Waals surface area contributed by atoms with Crippen molar-refractivity contribution < 1.29 is 9.59 Å². The van der Waals surface area contributed by atoms with Gasteiger partial charge in [-0.3, -0.25) is 9.59 Å². The Kier molecular flexibility index (Phi) is 6.82. The molecular formula is C22H29N5O2. The zero-order valence-electron chi connectivity index (χ0n) is 16.9. The molecule has 2 unspecified atom stereocenters. The van der Waals surface area contributed by atoms with Crippen molar-refractivity contribution >= 4 is 17.6 Å². The minimum atomic E-state index is -0.619. The van der Waals surface area contributed by atoms with Crippen molar-refractivity contribution in [2.24, 2.45) is 0 Å². The smallest absolute Gasteiger partial charge is 0.242 e. The standard InChI is InChI=1S/C22H29N5O2/c1-3-18-16(9-10-20(23)27-18)12-25-21(28)14(2)26-22(29)19-11-17(13-24-19)15-7-5-4-6-8-15/h4-10,14,17,19,24H,3,11-13H2,1-2H3,(H2,23,27)(H,25,28)(H,26,29)/t14?,17?,19-/m1/s1. The number of aryl methyl sites for hydroxylation is 1. The number of rotatable bonds is 7. The summed E-state index contributed by atoms with van der Waals surface area (Å²) in [5, 5.41) is 8.95. The van der Waals surface area contributed by atoms with Crippen molar-refractivity contribution in [2.75, 3.05) is 12.3 Å². The monoisotopic (exact) mass is 395 g/mol. The predicted octanol–water partition coefficient (Wildman–Crippen LogP) is 1.49. The van der Waals surface area contributed by atoms with E-state index in [1.54, 1.807) is 13.0 Å². The van der Waals surface area contributed by atoms with E-state index in [9.17, 15) is 9.59 Å². The second-order valence-electron chi connectivity index (χ2n) is 7.45. The van der Waals surface area contributed by atoms with Crippen LogP contribution < -0.4 is 21.7 Å². The lowest BCUT2D eigenvalue weighted by molar-refractivity contribution is -0.129. The number of amides is 2. The van der Waals surface area contributed by atoms with Crippen LogP contribution in [0.4, 0.5) is 5.82 Å². The number of anilines is 1. The van der Waals surface area contributed by atoms with Gasteiger partial charge >= 0.3 is 0 Å². The summed E-state index contributed by atoms with van der Waals surface area (Å²) >= 11 is 0.